The lowest BCUT2D eigenvalue weighted by atomic mass is 10.1. The Morgan fingerprint density at radius 1 is 1.38 bits per heavy atom. The summed E-state index contributed by atoms with van der Waals surface area (Å²) in [5.41, 5.74) is -1.34. The predicted molar refractivity (Wildman–Crippen MR) is 68.0 cm³/mol. The van der Waals surface area contributed by atoms with Crippen molar-refractivity contribution in [2.24, 2.45) is 0 Å². The minimum absolute atomic E-state index is 0.0812. The molecule has 0 spiro atoms. The summed E-state index contributed by atoms with van der Waals surface area (Å²) >= 11 is 0. The molecule has 0 aromatic heterocycles. The van der Waals surface area contributed by atoms with Crippen LogP contribution in [0.15, 0.2) is 18.2 Å². The largest absolute Gasteiger partial charge is 0.416 e. The molecule has 0 saturated carbocycles. The van der Waals surface area contributed by atoms with E-state index in [1.807, 2.05) is 0 Å². The lowest BCUT2D eigenvalue weighted by molar-refractivity contribution is -0.138. The summed E-state index contributed by atoms with van der Waals surface area (Å²) in [6.07, 6.45) is -4.70. The Balaban J connectivity index is 2.82. The van der Waals surface area contributed by atoms with Crippen molar-refractivity contribution >= 4 is 6.03 Å². The van der Waals surface area contributed by atoms with E-state index in [1.54, 1.807) is 6.92 Å². The molecule has 0 radical (unpaired) electrons. The number of halogens is 4. The fraction of sp³-hybridized carbons (Fsp3) is 0.462. The van der Waals surface area contributed by atoms with E-state index in [0.29, 0.717) is 12.6 Å². The van der Waals surface area contributed by atoms with Crippen molar-refractivity contribution in [2.75, 3.05) is 19.7 Å². The van der Waals surface area contributed by atoms with Crippen LogP contribution >= 0.6 is 0 Å². The zero-order chi connectivity index (χ0) is 16.0. The van der Waals surface area contributed by atoms with Crippen LogP contribution in [0.3, 0.4) is 0 Å². The fourth-order valence-corrected chi connectivity index (χ4v) is 1.77. The number of hydrogen-bond donors (Lipinski definition) is 2. The van der Waals surface area contributed by atoms with Crippen LogP contribution in [0.25, 0.3) is 0 Å². The van der Waals surface area contributed by atoms with E-state index in [0.717, 1.165) is 12.1 Å². The highest BCUT2D eigenvalue weighted by Gasteiger charge is 2.33. The number of rotatable bonds is 5. The molecule has 2 N–H and O–H groups in total. The third-order valence-electron chi connectivity index (χ3n) is 2.85. The molecule has 0 bridgehead atoms. The molecule has 0 saturated heterocycles. The van der Waals surface area contributed by atoms with Gasteiger partial charge in [0.1, 0.15) is 5.82 Å². The normalized spacial score (nSPS) is 11.3. The standard InChI is InChI=1S/C13H16F4N2O2/c1-2-19(5-6-20)12(21)18-8-9-3-4-10(14)7-11(9)13(15,16)17/h3-4,7,20H,2,5-6,8H2,1H3,(H,18,21). The number of carbonyl (C=O) groups is 1. The Kier molecular flexibility index (Phi) is 5.95. The molecule has 0 aliphatic rings. The Morgan fingerprint density at radius 3 is 2.57 bits per heavy atom. The third-order valence-corrected chi connectivity index (χ3v) is 2.85. The van der Waals surface area contributed by atoms with Crippen molar-refractivity contribution in [3.05, 3.63) is 35.1 Å². The van der Waals surface area contributed by atoms with Crippen molar-refractivity contribution in [1.82, 2.24) is 10.2 Å². The Labute approximate surface area is 119 Å². The number of amides is 2. The second kappa shape index (κ2) is 7.26. The molecule has 1 aromatic rings. The van der Waals surface area contributed by atoms with Gasteiger partial charge in [-0.1, -0.05) is 6.07 Å². The van der Waals surface area contributed by atoms with Crippen molar-refractivity contribution in [3.63, 3.8) is 0 Å². The summed E-state index contributed by atoms with van der Waals surface area (Å²) in [5.74, 6) is -0.993. The molecule has 1 rings (SSSR count). The summed E-state index contributed by atoms with van der Waals surface area (Å²) in [6, 6.07) is 1.69. The minimum Gasteiger partial charge on any atom is -0.395 e. The van der Waals surface area contributed by atoms with Crippen LogP contribution in [0.2, 0.25) is 0 Å². The zero-order valence-electron chi connectivity index (χ0n) is 11.4. The van der Waals surface area contributed by atoms with E-state index in [1.165, 1.54) is 4.90 Å². The van der Waals surface area contributed by atoms with E-state index >= 15 is 0 Å². The maximum atomic E-state index is 12.9. The highest BCUT2D eigenvalue weighted by molar-refractivity contribution is 5.74. The van der Waals surface area contributed by atoms with Gasteiger partial charge < -0.3 is 15.3 Å². The zero-order valence-corrected chi connectivity index (χ0v) is 11.4. The number of likely N-dealkylation sites (N-methyl/N-ethyl adjacent to an activating group) is 1. The van der Waals surface area contributed by atoms with Crippen LogP contribution in [0.1, 0.15) is 18.1 Å². The van der Waals surface area contributed by atoms with Crippen LogP contribution in [-0.4, -0.2) is 35.7 Å². The minimum atomic E-state index is -4.70. The van der Waals surface area contributed by atoms with Gasteiger partial charge in [-0.15, -0.1) is 0 Å². The van der Waals surface area contributed by atoms with E-state index in [-0.39, 0.29) is 25.3 Å². The molecule has 1 aromatic carbocycles. The van der Waals surface area contributed by atoms with Crippen molar-refractivity contribution in [1.29, 1.82) is 0 Å². The second-order valence-corrected chi connectivity index (χ2v) is 4.26. The molecule has 21 heavy (non-hydrogen) atoms. The number of nitrogens with one attached hydrogen (secondary N) is 1. The maximum Gasteiger partial charge on any atom is 0.416 e. The molecule has 8 heteroatoms. The average molecular weight is 308 g/mol. The number of aliphatic hydroxyl groups is 1. The van der Waals surface area contributed by atoms with Crippen LogP contribution in [0, 0.1) is 5.82 Å². The number of carbonyl (C=O) groups excluding carboxylic acids is 1. The molecule has 118 valence electrons. The van der Waals surface area contributed by atoms with Crippen LogP contribution in [-0.2, 0) is 12.7 Å². The fourth-order valence-electron chi connectivity index (χ4n) is 1.77. The summed E-state index contributed by atoms with van der Waals surface area (Å²) in [5, 5.41) is 11.1. The Bertz CT molecular complexity index is 492. The summed E-state index contributed by atoms with van der Waals surface area (Å²) in [7, 11) is 0. The van der Waals surface area contributed by atoms with Gasteiger partial charge in [0.15, 0.2) is 0 Å². The number of nitrogens with zero attached hydrogens (tertiary/aromatic N) is 1. The third kappa shape index (κ3) is 4.89. The molecule has 4 nitrogen and oxygen atoms in total. The van der Waals surface area contributed by atoms with Crippen LogP contribution < -0.4 is 5.32 Å². The predicted octanol–water partition coefficient (Wildman–Crippen LogP) is 2.37. The summed E-state index contributed by atoms with van der Waals surface area (Å²) in [4.78, 5) is 13.0. The SMILES string of the molecule is CCN(CCO)C(=O)NCc1ccc(F)cc1C(F)(F)F. The highest BCUT2D eigenvalue weighted by Crippen LogP contribution is 2.32. The first-order chi connectivity index (χ1) is 9.79. The number of alkyl halides is 3. The first-order valence-corrected chi connectivity index (χ1v) is 6.28. The van der Waals surface area contributed by atoms with E-state index < -0.39 is 23.6 Å². The lowest BCUT2D eigenvalue weighted by Gasteiger charge is -2.21. The van der Waals surface area contributed by atoms with Gasteiger partial charge in [0.05, 0.1) is 12.2 Å². The van der Waals surface area contributed by atoms with Gasteiger partial charge in [-0.25, -0.2) is 9.18 Å². The average Bonchev–Trinajstić information content (AvgIpc) is 2.42. The van der Waals surface area contributed by atoms with Gasteiger partial charge in [-0.3, -0.25) is 0 Å². The molecule has 0 unspecified atom stereocenters. The number of benzene rings is 1. The number of hydrogen-bond acceptors (Lipinski definition) is 2. The Hall–Kier alpha value is -1.83. The smallest absolute Gasteiger partial charge is 0.395 e. The lowest BCUT2D eigenvalue weighted by Crippen LogP contribution is -2.41. The molecule has 0 fully saturated rings. The molecule has 0 heterocycles. The van der Waals surface area contributed by atoms with Crippen molar-refractivity contribution in [3.8, 4) is 0 Å². The monoisotopic (exact) mass is 308 g/mol. The molecular weight excluding hydrogens is 292 g/mol. The van der Waals surface area contributed by atoms with E-state index in [9.17, 15) is 22.4 Å². The quantitative estimate of drug-likeness (QED) is 0.821. The Morgan fingerprint density at radius 2 is 2.05 bits per heavy atom. The topological polar surface area (TPSA) is 52.6 Å². The molecule has 0 aliphatic carbocycles. The maximum absolute atomic E-state index is 12.9. The van der Waals surface area contributed by atoms with Gasteiger partial charge in [0.2, 0.25) is 0 Å². The van der Waals surface area contributed by atoms with Gasteiger partial charge in [-0.2, -0.15) is 13.2 Å². The first-order valence-electron chi connectivity index (χ1n) is 6.28. The van der Waals surface area contributed by atoms with Gasteiger partial charge in [-0.05, 0) is 24.6 Å². The second-order valence-electron chi connectivity index (χ2n) is 4.26. The van der Waals surface area contributed by atoms with Crippen LogP contribution in [0.4, 0.5) is 22.4 Å². The van der Waals surface area contributed by atoms with Gasteiger partial charge in [0, 0.05) is 19.6 Å². The summed E-state index contributed by atoms with van der Waals surface area (Å²) < 4.78 is 51.3. The van der Waals surface area contributed by atoms with Gasteiger partial charge >= 0.3 is 12.2 Å². The number of aliphatic hydroxyl groups excluding tert-OH is 1. The highest BCUT2D eigenvalue weighted by atomic mass is 19.4. The first kappa shape index (κ1) is 17.2. The summed E-state index contributed by atoms with van der Waals surface area (Å²) in [6.45, 7) is 1.44. The van der Waals surface area contributed by atoms with E-state index in [4.69, 9.17) is 5.11 Å². The van der Waals surface area contributed by atoms with Gasteiger partial charge in [0.25, 0.3) is 0 Å². The van der Waals surface area contributed by atoms with Crippen molar-refractivity contribution < 1.29 is 27.5 Å². The molecule has 0 atom stereocenters. The van der Waals surface area contributed by atoms with Crippen molar-refractivity contribution in [2.45, 2.75) is 19.6 Å². The number of urea groups is 1. The molecule has 2 amide bonds. The van der Waals surface area contributed by atoms with Crippen LogP contribution in [0.5, 0.6) is 0 Å². The molecular formula is C13H16F4N2O2. The van der Waals surface area contributed by atoms with E-state index in [2.05, 4.69) is 5.32 Å². The molecule has 0 aliphatic heterocycles.